The molecule has 3 aliphatic rings. The van der Waals surface area contributed by atoms with Crippen molar-refractivity contribution in [3.63, 3.8) is 0 Å². The Morgan fingerprint density at radius 1 is 1.21 bits per heavy atom. The lowest BCUT2D eigenvalue weighted by Gasteiger charge is -2.18. The van der Waals surface area contributed by atoms with E-state index < -0.39 is 0 Å². The zero-order chi connectivity index (χ0) is 19.7. The second-order valence-electron chi connectivity index (χ2n) is 7.39. The molecule has 1 saturated heterocycles. The SMILES string of the molecule is CN=C(NCCN1C(=O)C2C3C=CC(C3)C2C1=O)NCc1ccc(OC)nc1. The Kier molecular flexibility index (Phi) is 5.02. The van der Waals surface area contributed by atoms with Crippen LogP contribution in [-0.2, 0) is 16.1 Å². The maximum Gasteiger partial charge on any atom is 0.233 e. The molecule has 1 saturated carbocycles. The number of allylic oxidation sites excluding steroid dienone is 2. The summed E-state index contributed by atoms with van der Waals surface area (Å²) in [5.41, 5.74) is 0.990. The van der Waals surface area contributed by atoms with Crippen LogP contribution in [0, 0.1) is 23.7 Å². The maximum absolute atomic E-state index is 12.7. The number of methoxy groups -OCH3 is 1. The first kappa shape index (κ1) is 18.5. The fourth-order valence-electron chi connectivity index (χ4n) is 4.51. The first-order valence-corrected chi connectivity index (χ1v) is 9.59. The lowest BCUT2D eigenvalue weighted by atomic mass is 9.85. The number of hydrogen-bond acceptors (Lipinski definition) is 5. The number of amides is 2. The Bertz CT molecular complexity index is 790. The van der Waals surface area contributed by atoms with Crippen LogP contribution in [0.4, 0.5) is 0 Å². The number of nitrogens with one attached hydrogen (secondary N) is 2. The molecule has 4 rings (SSSR count). The number of carbonyl (C=O) groups is 2. The van der Waals surface area contributed by atoms with Gasteiger partial charge in [-0.1, -0.05) is 18.2 Å². The van der Waals surface area contributed by atoms with Gasteiger partial charge in [-0.25, -0.2) is 4.98 Å². The van der Waals surface area contributed by atoms with Gasteiger partial charge in [0.15, 0.2) is 5.96 Å². The molecule has 0 radical (unpaired) electrons. The highest BCUT2D eigenvalue weighted by Gasteiger charge is 2.58. The fraction of sp³-hybridized carbons (Fsp3) is 0.500. The van der Waals surface area contributed by atoms with Crippen molar-refractivity contribution in [1.29, 1.82) is 0 Å². The lowest BCUT2D eigenvalue weighted by molar-refractivity contribution is -0.140. The molecule has 148 valence electrons. The standard InChI is InChI=1S/C20H25N5O3/c1-21-20(24-11-12-3-6-15(28-2)23-10-12)22-7-8-25-18(26)16-13-4-5-14(9-13)17(16)19(25)27/h3-6,10,13-14,16-17H,7-9,11H2,1-2H3,(H2,21,22,24). The third-order valence-corrected chi connectivity index (χ3v) is 5.88. The van der Waals surface area contributed by atoms with Gasteiger partial charge in [0.2, 0.25) is 17.7 Å². The Morgan fingerprint density at radius 2 is 1.93 bits per heavy atom. The number of aliphatic imine (C=N–C) groups is 1. The Morgan fingerprint density at radius 3 is 2.50 bits per heavy atom. The fourth-order valence-corrected chi connectivity index (χ4v) is 4.51. The number of ether oxygens (including phenoxy) is 1. The normalized spacial score (nSPS) is 28.1. The largest absolute Gasteiger partial charge is 0.481 e. The molecule has 8 nitrogen and oxygen atoms in total. The van der Waals surface area contributed by atoms with E-state index in [1.807, 2.05) is 6.07 Å². The van der Waals surface area contributed by atoms with Crippen LogP contribution in [0.3, 0.4) is 0 Å². The van der Waals surface area contributed by atoms with Gasteiger partial charge in [-0.2, -0.15) is 0 Å². The van der Waals surface area contributed by atoms with E-state index >= 15 is 0 Å². The van der Waals surface area contributed by atoms with Gasteiger partial charge in [0.1, 0.15) is 0 Å². The number of imide groups is 1. The number of guanidine groups is 1. The molecule has 1 aliphatic heterocycles. The molecule has 0 spiro atoms. The molecule has 0 aromatic carbocycles. The zero-order valence-corrected chi connectivity index (χ0v) is 16.1. The molecule has 2 fully saturated rings. The van der Waals surface area contributed by atoms with Crippen molar-refractivity contribution in [3.8, 4) is 5.88 Å². The van der Waals surface area contributed by atoms with Gasteiger partial charge >= 0.3 is 0 Å². The Balaban J connectivity index is 1.26. The van der Waals surface area contributed by atoms with Crippen LogP contribution in [0.25, 0.3) is 0 Å². The quantitative estimate of drug-likeness (QED) is 0.323. The molecule has 4 atom stereocenters. The average molecular weight is 383 g/mol. The van der Waals surface area contributed by atoms with E-state index in [1.54, 1.807) is 26.4 Å². The topological polar surface area (TPSA) is 95.9 Å². The summed E-state index contributed by atoms with van der Waals surface area (Å²) in [7, 11) is 3.26. The van der Waals surface area contributed by atoms with Crippen LogP contribution in [0.2, 0.25) is 0 Å². The van der Waals surface area contributed by atoms with Crippen molar-refractivity contribution < 1.29 is 14.3 Å². The summed E-state index contributed by atoms with van der Waals surface area (Å²) in [6.07, 6.45) is 6.91. The average Bonchev–Trinajstić information content (AvgIpc) is 3.40. The van der Waals surface area contributed by atoms with Gasteiger partial charge in [0, 0.05) is 38.9 Å². The zero-order valence-electron chi connectivity index (χ0n) is 16.1. The van der Waals surface area contributed by atoms with Gasteiger partial charge < -0.3 is 15.4 Å². The minimum absolute atomic E-state index is 0.0131. The molecular weight excluding hydrogens is 358 g/mol. The Labute approximate surface area is 164 Å². The van der Waals surface area contributed by atoms with Crippen LogP contribution in [-0.4, -0.2) is 54.9 Å². The van der Waals surface area contributed by atoms with Gasteiger partial charge in [0.05, 0.1) is 18.9 Å². The summed E-state index contributed by atoms with van der Waals surface area (Å²) in [6, 6.07) is 3.73. The van der Waals surface area contributed by atoms with Gasteiger partial charge in [-0.3, -0.25) is 19.5 Å². The first-order chi connectivity index (χ1) is 13.6. The summed E-state index contributed by atoms with van der Waals surface area (Å²) < 4.78 is 5.05. The van der Waals surface area contributed by atoms with Crippen molar-refractivity contribution in [2.45, 2.75) is 13.0 Å². The van der Waals surface area contributed by atoms with Crippen LogP contribution in [0.5, 0.6) is 5.88 Å². The molecule has 2 aliphatic carbocycles. The van der Waals surface area contributed by atoms with Gasteiger partial charge in [0.25, 0.3) is 0 Å². The number of pyridine rings is 1. The van der Waals surface area contributed by atoms with Gasteiger partial charge in [-0.15, -0.1) is 0 Å². The van der Waals surface area contributed by atoms with Crippen molar-refractivity contribution >= 4 is 17.8 Å². The molecule has 2 amide bonds. The van der Waals surface area contributed by atoms with E-state index in [2.05, 4.69) is 32.8 Å². The molecule has 8 heteroatoms. The smallest absolute Gasteiger partial charge is 0.233 e. The van der Waals surface area contributed by atoms with Crippen LogP contribution in [0.15, 0.2) is 35.5 Å². The number of hydrogen-bond donors (Lipinski definition) is 2. The summed E-state index contributed by atoms with van der Waals surface area (Å²) in [5.74, 6) is 1.37. The molecular formula is C20H25N5O3. The Hall–Kier alpha value is -2.90. The third kappa shape index (κ3) is 3.23. The predicted octanol–water partition coefficient (Wildman–Crippen LogP) is 0.562. The predicted molar refractivity (Wildman–Crippen MR) is 103 cm³/mol. The van der Waals surface area contributed by atoms with E-state index in [-0.39, 0.29) is 35.5 Å². The van der Waals surface area contributed by atoms with Crippen LogP contribution < -0.4 is 15.4 Å². The number of carbonyl (C=O) groups excluding carboxylic acids is 2. The van der Waals surface area contributed by atoms with E-state index in [4.69, 9.17) is 4.74 Å². The number of fused-ring (bicyclic) bond motifs is 5. The van der Waals surface area contributed by atoms with E-state index in [0.29, 0.717) is 31.5 Å². The monoisotopic (exact) mass is 383 g/mol. The number of nitrogens with zero attached hydrogens (tertiary/aromatic N) is 3. The first-order valence-electron chi connectivity index (χ1n) is 9.59. The van der Waals surface area contributed by atoms with Crippen molar-refractivity contribution in [2.75, 3.05) is 27.2 Å². The highest BCUT2D eigenvalue weighted by atomic mass is 16.5. The van der Waals surface area contributed by atoms with E-state index in [1.165, 1.54) is 4.90 Å². The summed E-state index contributed by atoms with van der Waals surface area (Å²) in [4.78, 5) is 35.1. The molecule has 2 heterocycles. The van der Waals surface area contributed by atoms with Gasteiger partial charge in [-0.05, 0) is 23.8 Å². The molecule has 28 heavy (non-hydrogen) atoms. The minimum atomic E-state index is -0.137. The highest BCUT2D eigenvalue weighted by Crippen LogP contribution is 2.52. The molecule has 4 unspecified atom stereocenters. The minimum Gasteiger partial charge on any atom is -0.481 e. The van der Waals surface area contributed by atoms with Crippen molar-refractivity contribution in [2.24, 2.45) is 28.7 Å². The number of aromatic nitrogens is 1. The summed E-state index contributed by atoms with van der Waals surface area (Å²) >= 11 is 0. The summed E-state index contributed by atoms with van der Waals surface area (Å²) in [5, 5.41) is 6.36. The second-order valence-corrected chi connectivity index (χ2v) is 7.39. The third-order valence-electron chi connectivity index (χ3n) is 5.88. The summed E-state index contributed by atoms with van der Waals surface area (Å²) in [6.45, 7) is 1.37. The molecule has 2 bridgehead atoms. The maximum atomic E-state index is 12.7. The van der Waals surface area contributed by atoms with Crippen molar-refractivity contribution in [1.82, 2.24) is 20.5 Å². The van der Waals surface area contributed by atoms with Crippen LogP contribution in [0.1, 0.15) is 12.0 Å². The number of rotatable bonds is 6. The van der Waals surface area contributed by atoms with Crippen molar-refractivity contribution in [3.05, 3.63) is 36.0 Å². The lowest BCUT2D eigenvalue weighted by Crippen LogP contribution is -2.43. The second kappa shape index (κ2) is 7.61. The number of likely N-dealkylation sites (tertiary alicyclic amines) is 1. The molecule has 1 aromatic heterocycles. The highest BCUT2D eigenvalue weighted by molar-refractivity contribution is 6.06. The van der Waals surface area contributed by atoms with E-state index in [9.17, 15) is 9.59 Å². The molecule has 1 aromatic rings. The molecule has 2 N–H and O–H groups in total. The van der Waals surface area contributed by atoms with Crippen LogP contribution >= 0.6 is 0 Å². The van der Waals surface area contributed by atoms with E-state index in [0.717, 1.165) is 12.0 Å².